The van der Waals surface area contributed by atoms with Gasteiger partial charge in [-0.2, -0.15) is 0 Å². The molecule has 138 valence electrons. The summed E-state index contributed by atoms with van der Waals surface area (Å²) in [6.45, 7) is 0.524. The molecular formula is C22H18N4O2. The molecule has 0 atom stereocenters. The Labute approximate surface area is 160 Å². The van der Waals surface area contributed by atoms with Crippen molar-refractivity contribution >= 4 is 11.6 Å². The summed E-state index contributed by atoms with van der Waals surface area (Å²) in [6, 6.07) is 15.8. The fraction of sp³-hybridized carbons (Fsp3) is 0.136. The highest BCUT2D eigenvalue weighted by atomic mass is 16.1. The minimum Gasteiger partial charge on any atom is -0.352 e. The Morgan fingerprint density at radius 3 is 2.86 bits per heavy atom. The Kier molecular flexibility index (Phi) is 3.83. The zero-order valence-corrected chi connectivity index (χ0v) is 15.1. The Morgan fingerprint density at radius 2 is 2.00 bits per heavy atom. The number of imidazole rings is 1. The van der Waals surface area contributed by atoms with Crippen molar-refractivity contribution in [1.29, 1.82) is 0 Å². The van der Waals surface area contributed by atoms with Gasteiger partial charge in [0, 0.05) is 30.9 Å². The molecule has 6 heteroatoms. The molecule has 6 nitrogen and oxygen atoms in total. The molecule has 2 N–H and O–H groups in total. The second-order valence-corrected chi connectivity index (χ2v) is 7.00. The van der Waals surface area contributed by atoms with Crippen LogP contribution in [0.5, 0.6) is 0 Å². The second-order valence-electron chi connectivity index (χ2n) is 7.00. The van der Waals surface area contributed by atoms with Crippen molar-refractivity contribution in [3.8, 4) is 11.3 Å². The normalized spacial score (nSPS) is 12.0. The molecule has 2 heterocycles. The third kappa shape index (κ3) is 2.79. The lowest BCUT2D eigenvalue weighted by Crippen LogP contribution is -2.24. The minimum absolute atomic E-state index is 0.00952. The van der Waals surface area contributed by atoms with Gasteiger partial charge in [-0.1, -0.05) is 48.5 Å². The fourth-order valence-electron chi connectivity index (χ4n) is 3.82. The van der Waals surface area contributed by atoms with Gasteiger partial charge in [-0.3, -0.25) is 14.0 Å². The van der Waals surface area contributed by atoms with Crippen LogP contribution in [0.2, 0.25) is 0 Å². The highest BCUT2D eigenvalue weighted by molar-refractivity contribution is 5.80. The summed E-state index contributed by atoms with van der Waals surface area (Å²) in [5.74, 6) is -0.00952. The molecule has 2 aromatic carbocycles. The maximum atomic E-state index is 12.3. The van der Waals surface area contributed by atoms with Crippen molar-refractivity contribution in [2.75, 3.05) is 0 Å². The minimum atomic E-state index is -0.194. The van der Waals surface area contributed by atoms with E-state index in [2.05, 4.69) is 21.4 Å². The van der Waals surface area contributed by atoms with Gasteiger partial charge in [-0.25, -0.2) is 4.98 Å². The number of nitrogens with one attached hydrogen (secondary N) is 2. The summed E-state index contributed by atoms with van der Waals surface area (Å²) in [6.07, 6.45) is 4.48. The monoisotopic (exact) mass is 370 g/mol. The Hall–Kier alpha value is -3.67. The van der Waals surface area contributed by atoms with E-state index in [1.807, 2.05) is 53.1 Å². The van der Waals surface area contributed by atoms with Crippen LogP contribution in [0.1, 0.15) is 22.4 Å². The third-order valence-electron chi connectivity index (χ3n) is 5.16. The Morgan fingerprint density at radius 1 is 1.14 bits per heavy atom. The number of carbonyl (C=O) groups excluding carboxylic acids is 1. The molecule has 5 rings (SSSR count). The van der Waals surface area contributed by atoms with Crippen molar-refractivity contribution in [1.82, 2.24) is 19.7 Å². The number of H-pyrrole nitrogens is 1. The van der Waals surface area contributed by atoms with Gasteiger partial charge < -0.3 is 10.3 Å². The zero-order chi connectivity index (χ0) is 19.1. The first kappa shape index (κ1) is 16.5. The van der Waals surface area contributed by atoms with Gasteiger partial charge in [0.15, 0.2) is 0 Å². The van der Waals surface area contributed by atoms with Crippen molar-refractivity contribution < 1.29 is 4.79 Å². The van der Waals surface area contributed by atoms with Gasteiger partial charge in [-0.05, 0) is 16.7 Å². The molecule has 1 amide bonds. The molecule has 1 aliphatic carbocycles. The number of nitrogens with zero attached hydrogens (tertiary/aromatic N) is 2. The lowest BCUT2D eigenvalue weighted by Gasteiger charge is -2.07. The highest BCUT2D eigenvalue weighted by Gasteiger charge is 2.23. The number of hydrogen-bond donors (Lipinski definition) is 2. The summed E-state index contributed by atoms with van der Waals surface area (Å²) in [4.78, 5) is 31.6. The topological polar surface area (TPSA) is 79.3 Å². The number of rotatable bonds is 4. The van der Waals surface area contributed by atoms with Gasteiger partial charge >= 0.3 is 0 Å². The molecule has 0 saturated carbocycles. The fourth-order valence-corrected chi connectivity index (χ4v) is 3.82. The molecule has 0 unspecified atom stereocenters. The highest BCUT2D eigenvalue weighted by Crippen LogP contribution is 2.35. The SMILES string of the molecule is O=C(Cc1ccc2c(c1)Cc1c-2[nH]c(=O)c2nccn12)NCc1ccccc1. The standard InChI is InChI=1S/C22H18N4O2/c27-19(24-13-14-4-2-1-3-5-14)11-15-6-7-17-16(10-15)12-18-20(17)25-22(28)21-23-8-9-26(18)21/h1-10H,11-13H2,(H,24,27)(H,25,28). The summed E-state index contributed by atoms with van der Waals surface area (Å²) < 4.78 is 1.85. The van der Waals surface area contributed by atoms with Crippen LogP contribution in [0.4, 0.5) is 0 Å². The van der Waals surface area contributed by atoms with E-state index in [0.29, 0.717) is 25.0 Å². The van der Waals surface area contributed by atoms with E-state index in [1.54, 1.807) is 6.20 Å². The lowest BCUT2D eigenvalue weighted by atomic mass is 10.0. The quantitative estimate of drug-likeness (QED) is 0.510. The maximum absolute atomic E-state index is 12.3. The summed E-state index contributed by atoms with van der Waals surface area (Å²) in [5.41, 5.74) is 6.23. The van der Waals surface area contributed by atoms with Crippen LogP contribution in [0.3, 0.4) is 0 Å². The molecule has 1 aliphatic rings. The average Bonchev–Trinajstić information content (AvgIpc) is 3.32. The van der Waals surface area contributed by atoms with Crippen LogP contribution >= 0.6 is 0 Å². The molecule has 28 heavy (non-hydrogen) atoms. The number of aromatic amines is 1. The van der Waals surface area contributed by atoms with Gasteiger partial charge in [0.25, 0.3) is 5.56 Å². The Balaban J connectivity index is 1.36. The summed E-state index contributed by atoms with van der Waals surface area (Å²) in [5, 5.41) is 2.96. The lowest BCUT2D eigenvalue weighted by molar-refractivity contribution is -0.120. The smallest absolute Gasteiger partial charge is 0.292 e. The number of aromatic nitrogens is 3. The van der Waals surface area contributed by atoms with Crippen molar-refractivity contribution in [3.05, 3.63) is 93.7 Å². The summed E-state index contributed by atoms with van der Waals surface area (Å²) >= 11 is 0. The number of benzene rings is 2. The van der Waals surface area contributed by atoms with E-state index in [1.165, 1.54) is 0 Å². The van der Waals surface area contributed by atoms with Crippen LogP contribution in [-0.4, -0.2) is 20.3 Å². The molecule has 0 bridgehead atoms. The van der Waals surface area contributed by atoms with Gasteiger partial charge in [-0.15, -0.1) is 0 Å². The molecule has 4 aromatic rings. The van der Waals surface area contributed by atoms with Crippen molar-refractivity contribution in [3.63, 3.8) is 0 Å². The Bertz CT molecular complexity index is 1250. The van der Waals surface area contributed by atoms with Crippen LogP contribution < -0.4 is 10.9 Å². The first-order valence-corrected chi connectivity index (χ1v) is 9.20. The van der Waals surface area contributed by atoms with Gasteiger partial charge in [0.1, 0.15) is 0 Å². The van der Waals surface area contributed by atoms with E-state index in [-0.39, 0.29) is 11.5 Å². The van der Waals surface area contributed by atoms with E-state index in [4.69, 9.17) is 0 Å². The first-order valence-electron chi connectivity index (χ1n) is 9.20. The molecule has 2 aromatic heterocycles. The van der Waals surface area contributed by atoms with Crippen LogP contribution in [0.25, 0.3) is 16.9 Å². The van der Waals surface area contributed by atoms with E-state index in [0.717, 1.165) is 33.6 Å². The number of carbonyl (C=O) groups is 1. The average molecular weight is 370 g/mol. The molecule has 0 aliphatic heterocycles. The molecule has 0 spiro atoms. The largest absolute Gasteiger partial charge is 0.352 e. The summed E-state index contributed by atoms with van der Waals surface area (Å²) in [7, 11) is 0. The van der Waals surface area contributed by atoms with E-state index < -0.39 is 0 Å². The van der Waals surface area contributed by atoms with Gasteiger partial charge in [0.2, 0.25) is 11.6 Å². The third-order valence-corrected chi connectivity index (χ3v) is 5.16. The second kappa shape index (κ2) is 6.49. The predicted octanol–water partition coefficient (Wildman–Crippen LogP) is 2.45. The number of amides is 1. The van der Waals surface area contributed by atoms with Crippen LogP contribution in [0.15, 0.2) is 65.7 Å². The predicted molar refractivity (Wildman–Crippen MR) is 106 cm³/mol. The van der Waals surface area contributed by atoms with E-state index >= 15 is 0 Å². The molecule has 0 fully saturated rings. The maximum Gasteiger partial charge on any atom is 0.292 e. The van der Waals surface area contributed by atoms with E-state index in [9.17, 15) is 9.59 Å². The van der Waals surface area contributed by atoms with Crippen LogP contribution in [-0.2, 0) is 24.2 Å². The zero-order valence-electron chi connectivity index (χ0n) is 15.1. The van der Waals surface area contributed by atoms with Crippen molar-refractivity contribution in [2.24, 2.45) is 0 Å². The molecular weight excluding hydrogens is 352 g/mol. The number of hydrogen-bond acceptors (Lipinski definition) is 3. The number of fused-ring (bicyclic) bond motifs is 5. The molecule has 0 saturated heterocycles. The van der Waals surface area contributed by atoms with Crippen LogP contribution in [0, 0.1) is 0 Å². The first-order chi connectivity index (χ1) is 13.7. The molecule has 0 radical (unpaired) electrons. The van der Waals surface area contributed by atoms with Gasteiger partial charge in [0.05, 0.1) is 17.8 Å². The van der Waals surface area contributed by atoms with Crippen molar-refractivity contribution in [2.45, 2.75) is 19.4 Å².